The van der Waals surface area contributed by atoms with Crippen molar-refractivity contribution < 1.29 is 4.79 Å². The zero-order valence-corrected chi connectivity index (χ0v) is 18.8. The number of benzene rings is 2. The number of hydrogen-bond donors (Lipinski definition) is 0. The number of para-hydroxylation sites is 2. The Morgan fingerprint density at radius 1 is 1.06 bits per heavy atom. The summed E-state index contributed by atoms with van der Waals surface area (Å²) in [5, 5.41) is 0.644. The predicted molar refractivity (Wildman–Crippen MR) is 129 cm³/mol. The summed E-state index contributed by atoms with van der Waals surface area (Å²) in [5.41, 5.74) is 2.24. The number of carbonyl (C=O) groups is 1. The first-order valence-electron chi connectivity index (χ1n) is 10.5. The highest BCUT2D eigenvalue weighted by Crippen LogP contribution is 2.26. The van der Waals surface area contributed by atoms with E-state index in [4.69, 9.17) is 4.98 Å². The number of pyridine rings is 1. The van der Waals surface area contributed by atoms with Gasteiger partial charge in [-0.15, -0.1) is 0 Å². The molecule has 0 aliphatic rings. The minimum Gasteiger partial charge on any atom is -0.312 e. The van der Waals surface area contributed by atoms with E-state index < -0.39 is 5.25 Å². The molecule has 4 rings (SSSR count). The SMILES string of the molecule is CCN(C(=O)C(C)Sc1nc2ccccc2c(=O)n1Cc1cccnc1)c1ccccc1. The Labute approximate surface area is 190 Å². The van der Waals surface area contributed by atoms with E-state index in [1.165, 1.54) is 11.8 Å². The lowest BCUT2D eigenvalue weighted by Crippen LogP contribution is -2.37. The summed E-state index contributed by atoms with van der Waals surface area (Å²) in [6.45, 7) is 4.70. The fourth-order valence-electron chi connectivity index (χ4n) is 3.55. The number of anilines is 1. The summed E-state index contributed by atoms with van der Waals surface area (Å²) in [6, 6.07) is 20.7. The molecular formula is C25H24N4O2S. The van der Waals surface area contributed by atoms with Crippen LogP contribution in [0.2, 0.25) is 0 Å². The maximum atomic E-state index is 13.3. The predicted octanol–water partition coefficient (Wildman–Crippen LogP) is 4.37. The maximum absolute atomic E-state index is 13.3. The van der Waals surface area contributed by atoms with E-state index in [-0.39, 0.29) is 11.5 Å². The molecule has 2 aromatic carbocycles. The van der Waals surface area contributed by atoms with Crippen LogP contribution in [-0.4, -0.2) is 32.2 Å². The molecule has 0 spiro atoms. The van der Waals surface area contributed by atoms with E-state index in [1.807, 2.05) is 74.5 Å². The molecule has 0 radical (unpaired) electrons. The maximum Gasteiger partial charge on any atom is 0.262 e. The molecule has 0 saturated heterocycles. The number of nitrogens with zero attached hydrogens (tertiary/aromatic N) is 4. The molecule has 0 aliphatic carbocycles. The van der Waals surface area contributed by atoms with Crippen LogP contribution >= 0.6 is 11.8 Å². The van der Waals surface area contributed by atoms with Crippen LogP contribution in [0.1, 0.15) is 19.4 Å². The highest BCUT2D eigenvalue weighted by molar-refractivity contribution is 8.00. The second-order valence-electron chi connectivity index (χ2n) is 7.34. The van der Waals surface area contributed by atoms with Crippen LogP contribution in [0, 0.1) is 0 Å². The summed E-state index contributed by atoms with van der Waals surface area (Å²) in [4.78, 5) is 37.2. The molecule has 0 saturated carbocycles. The molecule has 0 N–H and O–H groups in total. The molecule has 0 bridgehead atoms. The van der Waals surface area contributed by atoms with Gasteiger partial charge in [-0.2, -0.15) is 0 Å². The smallest absolute Gasteiger partial charge is 0.262 e. The Kier molecular flexibility index (Phi) is 6.66. The fraction of sp³-hybridized carbons (Fsp3) is 0.200. The average molecular weight is 445 g/mol. The molecule has 1 atom stereocenters. The van der Waals surface area contributed by atoms with E-state index in [0.29, 0.717) is 29.1 Å². The first-order chi connectivity index (χ1) is 15.6. The molecular weight excluding hydrogens is 420 g/mol. The molecule has 0 aliphatic heterocycles. The Balaban J connectivity index is 1.70. The second kappa shape index (κ2) is 9.78. The van der Waals surface area contributed by atoms with Gasteiger partial charge in [-0.3, -0.25) is 19.1 Å². The van der Waals surface area contributed by atoms with Crippen LogP contribution in [-0.2, 0) is 11.3 Å². The number of thioether (sulfide) groups is 1. The first-order valence-corrected chi connectivity index (χ1v) is 11.4. The lowest BCUT2D eigenvalue weighted by atomic mass is 10.2. The zero-order chi connectivity index (χ0) is 22.5. The molecule has 0 fully saturated rings. The van der Waals surface area contributed by atoms with Gasteiger partial charge in [0.15, 0.2) is 5.16 Å². The molecule has 32 heavy (non-hydrogen) atoms. The van der Waals surface area contributed by atoms with Crippen molar-refractivity contribution in [2.24, 2.45) is 0 Å². The molecule has 1 unspecified atom stereocenters. The lowest BCUT2D eigenvalue weighted by molar-refractivity contribution is -0.117. The molecule has 2 heterocycles. The molecule has 4 aromatic rings. The Morgan fingerprint density at radius 2 is 1.81 bits per heavy atom. The van der Waals surface area contributed by atoms with Gasteiger partial charge in [-0.25, -0.2) is 4.98 Å². The highest BCUT2D eigenvalue weighted by atomic mass is 32.2. The van der Waals surface area contributed by atoms with E-state index in [0.717, 1.165) is 11.3 Å². The van der Waals surface area contributed by atoms with E-state index >= 15 is 0 Å². The van der Waals surface area contributed by atoms with Crippen molar-refractivity contribution in [1.29, 1.82) is 0 Å². The van der Waals surface area contributed by atoms with Gasteiger partial charge in [0.05, 0.1) is 22.7 Å². The van der Waals surface area contributed by atoms with Gasteiger partial charge in [0.1, 0.15) is 0 Å². The second-order valence-corrected chi connectivity index (χ2v) is 8.65. The number of aromatic nitrogens is 3. The monoisotopic (exact) mass is 444 g/mol. The van der Waals surface area contributed by atoms with Crippen molar-refractivity contribution in [3.05, 3.63) is 95.0 Å². The number of amides is 1. The highest BCUT2D eigenvalue weighted by Gasteiger charge is 2.24. The third-order valence-corrected chi connectivity index (χ3v) is 6.25. The van der Waals surface area contributed by atoms with Crippen molar-refractivity contribution in [1.82, 2.24) is 14.5 Å². The zero-order valence-electron chi connectivity index (χ0n) is 18.0. The Hall–Kier alpha value is -3.45. The summed E-state index contributed by atoms with van der Waals surface area (Å²) in [6.07, 6.45) is 3.43. The third kappa shape index (κ3) is 4.57. The van der Waals surface area contributed by atoms with E-state index in [9.17, 15) is 9.59 Å². The molecule has 162 valence electrons. The van der Waals surface area contributed by atoms with E-state index in [2.05, 4.69) is 4.98 Å². The van der Waals surface area contributed by atoms with Crippen molar-refractivity contribution in [2.45, 2.75) is 30.8 Å². The van der Waals surface area contributed by atoms with Gasteiger partial charge in [0.2, 0.25) is 5.91 Å². The van der Waals surface area contributed by atoms with Gasteiger partial charge in [-0.1, -0.05) is 48.2 Å². The minimum absolute atomic E-state index is 0.0287. The molecule has 7 heteroatoms. The Morgan fingerprint density at radius 3 is 2.53 bits per heavy atom. The van der Waals surface area contributed by atoms with Crippen molar-refractivity contribution in [3.8, 4) is 0 Å². The van der Waals surface area contributed by atoms with Crippen molar-refractivity contribution in [3.63, 3.8) is 0 Å². The molecule has 6 nitrogen and oxygen atoms in total. The Bertz CT molecular complexity index is 1280. The topological polar surface area (TPSA) is 68.1 Å². The number of rotatable bonds is 7. The molecule has 1 amide bonds. The third-order valence-electron chi connectivity index (χ3n) is 5.17. The first kappa shape index (κ1) is 21.8. The fourth-order valence-corrected chi connectivity index (χ4v) is 4.52. The van der Waals surface area contributed by atoms with Crippen LogP contribution in [0.25, 0.3) is 10.9 Å². The van der Waals surface area contributed by atoms with Crippen LogP contribution in [0.5, 0.6) is 0 Å². The van der Waals surface area contributed by atoms with Crippen LogP contribution in [0.15, 0.2) is 89.1 Å². The molecule has 2 aromatic heterocycles. The van der Waals surface area contributed by atoms with Gasteiger partial charge in [0.25, 0.3) is 5.56 Å². The van der Waals surface area contributed by atoms with Gasteiger partial charge in [0, 0.05) is 24.6 Å². The normalized spacial score (nSPS) is 11.9. The summed E-state index contributed by atoms with van der Waals surface area (Å²) in [7, 11) is 0. The van der Waals surface area contributed by atoms with E-state index in [1.54, 1.807) is 27.9 Å². The van der Waals surface area contributed by atoms with Crippen molar-refractivity contribution in [2.75, 3.05) is 11.4 Å². The van der Waals surface area contributed by atoms with Crippen molar-refractivity contribution >= 4 is 34.3 Å². The largest absolute Gasteiger partial charge is 0.312 e. The number of hydrogen-bond acceptors (Lipinski definition) is 5. The van der Waals surface area contributed by atoms with Gasteiger partial charge >= 0.3 is 0 Å². The van der Waals surface area contributed by atoms with Crippen LogP contribution < -0.4 is 10.5 Å². The lowest BCUT2D eigenvalue weighted by Gasteiger charge is -2.24. The quantitative estimate of drug-likeness (QED) is 0.313. The van der Waals surface area contributed by atoms with Gasteiger partial charge < -0.3 is 4.90 Å². The minimum atomic E-state index is -0.427. The number of fused-ring (bicyclic) bond motifs is 1. The summed E-state index contributed by atoms with van der Waals surface area (Å²) < 4.78 is 1.63. The summed E-state index contributed by atoms with van der Waals surface area (Å²) in [5.74, 6) is -0.0287. The van der Waals surface area contributed by atoms with Gasteiger partial charge in [-0.05, 0) is 49.7 Å². The van der Waals surface area contributed by atoms with Crippen LogP contribution in [0.4, 0.5) is 5.69 Å². The number of carbonyl (C=O) groups excluding carboxylic acids is 1. The average Bonchev–Trinajstić information content (AvgIpc) is 2.83. The van der Waals surface area contributed by atoms with Crippen LogP contribution in [0.3, 0.4) is 0 Å². The summed E-state index contributed by atoms with van der Waals surface area (Å²) >= 11 is 1.31. The standard InChI is InChI=1S/C25H24N4O2S/c1-3-28(20-11-5-4-6-12-20)23(30)18(2)32-25-27-22-14-8-7-13-21(22)24(31)29(25)17-19-10-9-15-26-16-19/h4-16,18H,3,17H2,1-2H3.